The van der Waals surface area contributed by atoms with Crippen LogP contribution in [0.5, 0.6) is 0 Å². The lowest BCUT2D eigenvalue weighted by Crippen LogP contribution is -2.42. The van der Waals surface area contributed by atoms with Gasteiger partial charge in [0.2, 0.25) is 0 Å². The largest absolute Gasteiger partial charge is 0.394 e. The number of aliphatic hydroxyl groups excluding tert-OH is 1. The van der Waals surface area contributed by atoms with Crippen molar-refractivity contribution >= 4 is 5.82 Å². The van der Waals surface area contributed by atoms with Gasteiger partial charge in [0.1, 0.15) is 12.1 Å². The fourth-order valence-electron chi connectivity index (χ4n) is 1.95. The summed E-state index contributed by atoms with van der Waals surface area (Å²) < 4.78 is 0. The number of rotatable bonds is 2. The fraction of sp³-hybridized carbons (Fsp3) is 0.600. The van der Waals surface area contributed by atoms with Crippen LogP contribution in [0.25, 0.3) is 0 Å². The summed E-state index contributed by atoms with van der Waals surface area (Å²) in [5, 5.41) is 9.24. The number of hydrogen-bond acceptors (Lipinski definition) is 4. The Morgan fingerprint density at radius 1 is 1.50 bits per heavy atom. The van der Waals surface area contributed by atoms with Gasteiger partial charge in [0.25, 0.3) is 0 Å². The van der Waals surface area contributed by atoms with Gasteiger partial charge in [-0.25, -0.2) is 9.97 Å². The number of aromatic nitrogens is 2. The number of anilines is 1. The van der Waals surface area contributed by atoms with Crippen LogP contribution in [-0.2, 0) is 0 Å². The second kappa shape index (κ2) is 4.37. The molecule has 1 N–H and O–H groups in total. The Labute approximate surface area is 83.6 Å². The van der Waals surface area contributed by atoms with Crippen molar-refractivity contribution in [1.82, 2.24) is 9.97 Å². The van der Waals surface area contributed by atoms with Crippen LogP contribution >= 0.6 is 0 Å². The molecule has 4 heteroatoms. The van der Waals surface area contributed by atoms with E-state index in [4.69, 9.17) is 0 Å². The highest BCUT2D eigenvalue weighted by Crippen LogP contribution is 2.21. The minimum atomic E-state index is 0.212. The fourth-order valence-corrected chi connectivity index (χ4v) is 1.95. The Morgan fingerprint density at radius 3 is 3.14 bits per heavy atom. The van der Waals surface area contributed by atoms with E-state index in [1.807, 2.05) is 6.07 Å². The Balaban J connectivity index is 2.15. The molecule has 0 saturated carbocycles. The van der Waals surface area contributed by atoms with Crippen LogP contribution in [0.4, 0.5) is 5.82 Å². The van der Waals surface area contributed by atoms with Crippen LogP contribution in [0.1, 0.15) is 19.3 Å². The summed E-state index contributed by atoms with van der Waals surface area (Å²) in [4.78, 5) is 10.3. The van der Waals surface area contributed by atoms with E-state index < -0.39 is 0 Å². The average Bonchev–Trinajstić information content (AvgIpc) is 2.30. The molecule has 1 aromatic heterocycles. The lowest BCUT2D eigenvalue weighted by molar-refractivity contribution is 0.239. The standard InChI is InChI=1S/C10H15N3O/c14-7-9-3-1-2-6-13(9)10-4-5-11-8-12-10/h4-5,8-9,14H,1-3,6-7H2/t9-/m0/s1. The number of hydrogen-bond donors (Lipinski definition) is 1. The van der Waals surface area contributed by atoms with E-state index in [9.17, 15) is 5.11 Å². The summed E-state index contributed by atoms with van der Waals surface area (Å²) in [6, 6.07) is 2.13. The van der Waals surface area contributed by atoms with Crippen LogP contribution in [0, 0.1) is 0 Å². The number of nitrogens with zero attached hydrogens (tertiary/aromatic N) is 3. The molecule has 0 bridgehead atoms. The Morgan fingerprint density at radius 2 is 2.43 bits per heavy atom. The molecule has 1 aliphatic heterocycles. The minimum Gasteiger partial charge on any atom is -0.394 e. The number of piperidine rings is 1. The molecule has 4 nitrogen and oxygen atoms in total. The number of aliphatic hydroxyl groups is 1. The van der Waals surface area contributed by atoms with Crippen LogP contribution in [0.3, 0.4) is 0 Å². The third-order valence-electron chi connectivity index (χ3n) is 2.70. The molecular weight excluding hydrogens is 178 g/mol. The van der Waals surface area contributed by atoms with Crippen LogP contribution in [0.2, 0.25) is 0 Å². The van der Waals surface area contributed by atoms with Crippen molar-refractivity contribution in [3.63, 3.8) is 0 Å². The van der Waals surface area contributed by atoms with Crippen LogP contribution in [-0.4, -0.2) is 34.3 Å². The third kappa shape index (κ3) is 1.85. The molecule has 1 saturated heterocycles. The van der Waals surface area contributed by atoms with Crippen LogP contribution < -0.4 is 4.90 Å². The van der Waals surface area contributed by atoms with E-state index in [2.05, 4.69) is 14.9 Å². The highest BCUT2D eigenvalue weighted by molar-refractivity contribution is 5.38. The molecule has 0 spiro atoms. The average molecular weight is 193 g/mol. The highest BCUT2D eigenvalue weighted by atomic mass is 16.3. The van der Waals surface area contributed by atoms with Gasteiger partial charge in [-0.2, -0.15) is 0 Å². The quantitative estimate of drug-likeness (QED) is 0.755. The van der Waals surface area contributed by atoms with Crippen molar-refractivity contribution in [3.8, 4) is 0 Å². The van der Waals surface area contributed by atoms with E-state index in [1.54, 1.807) is 12.5 Å². The van der Waals surface area contributed by atoms with Gasteiger partial charge in [0.05, 0.1) is 12.6 Å². The van der Waals surface area contributed by atoms with Gasteiger partial charge < -0.3 is 10.0 Å². The maximum absolute atomic E-state index is 9.24. The first-order chi connectivity index (χ1) is 6.92. The van der Waals surface area contributed by atoms with Crippen molar-refractivity contribution in [1.29, 1.82) is 0 Å². The molecule has 2 rings (SSSR count). The van der Waals surface area contributed by atoms with Crippen molar-refractivity contribution < 1.29 is 5.11 Å². The molecule has 0 unspecified atom stereocenters. The lowest BCUT2D eigenvalue weighted by Gasteiger charge is -2.35. The van der Waals surface area contributed by atoms with Gasteiger partial charge in [-0.15, -0.1) is 0 Å². The molecule has 14 heavy (non-hydrogen) atoms. The maximum Gasteiger partial charge on any atom is 0.132 e. The molecule has 1 aliphatic rings. The Hall–Kier alpha value is -1.16. The molecule has 1 aromatic rings. The molecule has 2 heterocycles. The van der Waals surface area contributed by atoms with E-state index >= 15 is 0 Å². The predicted molar refractivity (Wildman–Crippen MR) is 54.1 cm³/mol. The molecule has 76 valence electrons. The van der Waals surface area contributed by atoms with E-state index in [-0.39, 0.29) is 12.6 Å². The predicted octanol–water partition coefficient (Wildman–Crippen LogP) is 0.828. The summed E-state index contributed by atoms with van der Waals surface area (Å²) in [5.41, 5.74) is 0. The second-order valence-corrected chi connectivity index (χ2v) is 3.59. The van der Waals surface area contributed by atoms with Crippen molar-refractivity contribution in [2.24, 2.45) is 0 Å². The van der Waals surface area contributed by atoms with Gasteiger partial charge in [-0.3, -0.25) is 0 Å². The second-order valence-electron chi connectivity index (χ2n) is 3.59. The molecule has 0 radical (unpaired) electrons. The SMILES string of the molecule is OC[C@@H]1CCCCN1c1ccncn1. The third-order valence-corrected chi connectivity index (χ3v) is 2.70. The van der Waals surface area contributed by atoms with Gasteiger partial charge in [-0.05, 0) is 25.3 Å². The zero-order valence-electron chi connectivity index (χ0n) is 8.13. The van der Waals surface area contributed by atoms with Crippen molar-refractivity contribution in [2.45, 2.75) is 25.3 Å². The Bertz CT molecular complexity index is 278. The molecule has 0 amide bonds. The first-order valence-electron chi connectivity index (χ1n) is 5.05. The first kappa shape index (κ1) is 9.40. The summed E-state index contributed by atoms with van der Waals surface area (Å²) in [6.07, 6.45) is 6.73. The molecular formula is C10H15N3O. The zero-order valence-corrected chi connectivity index (χ0v) is 8.13. The summed E-state index contributed by atoms with van der Waals surface area (Å²) >= 11 is 0. The topological polar surface area (TPSA) is 49.2 Å². The minimum absolute atomic E-state index is 0.212. The smallest absolute Gasteiger partial charge is 0.132 e. The van der Waals surface area contributed by atoms with E-state index in [1.165, 1.54) is 12.8 Å². The Kier molecular flexibility index (Phi) is 2.93. The zero-order chi connectivity index (χ0) is 9.80. The van der Waals surface area contributed by atoms with Crippen molar-refractivity contribution in [2.75, 3.05) is 18.1 Å². The van der Waals surface area contributed by atoms with Gasteiger partial charge in [0.15, 0.2) is 0 Å². The monoisotopic (exact) mass is 193 g/mol. The lowest BCUT2D eigenvalue weighted by atomic mass is 10.0. The normalized spacial score (nSPS) is 22.4. The molecule has 0 aromatic carbocycles. The van der Waals surface area contributed by atoms with Crippen molar-refractivity contribution in [3.05, 3.63) is 18.6 Å². The summed E-state index contributed by atoms with van der Waals surface area (Å²) in [5.74, 6) is 0.929. The van der Waals surface area contributed by atoms with E-state index in [0.717, 1.165) is 18.8 Å². The summed E-state index contributed by atoms with van der Waals surface area (Å²) in [7, 11) is 0. The van der Waals surface area contributed by atoms with Gasteiger partial charge >= 0.3 is 0 Å². The summed E-state index contributed by atoms with van der Waals surface area (Å²) in [6.45, 7) is 1.20. The molecule has 0 aliphatic carbocycles. The van der Waals surface area contributed by atoms with Gasteiger partial charge in [0, 0.05) is 12.7 Å². The first-order valence-corrected chi connectivity index (χ1v) is 5.05. The van der Waals surface area contributed by atoms with Gasteiger partial charge in [-0.1, -0.05) is 0 Å². The van der Waals surface area contributed by atoms with E-state index in [0.29, 0.717) is 0 Å². The molecule has 1 fully saturated rings. The van der Waals surface area contributed by atoms with Crippen LogP contribution in [0.15, 0.2) is 18.6 Å². The highest BCUT2D eigenvalue weighted by Gasteiger charge is 2.22. The maximum atomic E-state index is 9.24. The molecule has 1 atom stereocenters.